The first-order valence-electron chi connectivity index (χ1n) is 7.35. The molecule has 0 spiro atoms. The standard InChI is InChI=1S/C18H23NO2S/c1-14-8-15(2)10-18(9-14)12-19-11-16-4-6-17(7-5-16)13-22(3,20)21/h4-10,19H,11-13H2,1-3H3. The van der Waals surface area contributed by atoms with E-state index in [1.165, 1.54) is 22.9 Å². The first kappa shape index (κ1) is 16.7. The van der Waals surface area contributed by atoms with Crippen LogP contribution in [0, 0.1) is 13.8 Å². The van der Waals surface area contributed by atoms with Crippen LogP contribution in [0.25, 0.3) is 0 Å². The van der Waals surface area contributed by atoms with Gasteiger partial charge < -0.3 is 5.32 Å². The topological polar surface area (TPSA) is 46.2 Å². The van der Waals surface area contributed by atoms with Gasteiger partial charge in [-0.15, -0.1) is 0 Å². The van der Waals surface area contributed by atoms with Crippen molar-refractivity contribution in [1.82, 2.24) is 5.32 Å². The van der Waals surface area contributed by atoms with Gasteiger partial charge in [-0.1, -0.05) is 53.6 Å². The van der Waals surface area contributed by atoms with E-state index in [-0.39, 0.29) is 5.75 Å². The molecule has 3 nitrogen and oxygen atoms in total. The second-order valence-corrected chi connectivity index (χ2v) is 8.13. The number of hydrogen-bond acceptors (Lipinski definition) is 3. The van der Waals surface area contributed by atoms with Crippen molar-refractivity contribution in [1.29, 1.82) is 0 Å². The van der Waals surface area contributed by atoms with Gasteiger partial charge in [0.2, 0.25) is 0 Å². The summed E-state index contributed by atoms with van der Waals surface area (Å²) in [4.78, 5) is 0. The van der Waals surface area contributed by atoms with Gasteiger partial charge in [0.1, 0.15) is 0 Å². The van der Waals surface area contributed by atoms with E-state index in [1.54, 1.807) is 0 Å². The van der Waals surface area contributed by atoms with Gasteiger partial charge in [0.05, 0.1) is 5.75 Å². The van der Waals surface area contributed by atoms with E-state index in [0.717, 1.165) is 24.2 Å². The molecule has 2 aromatic rings. The predicted molar refractivity (Wildman–Crippen MR) is 91.4 cm³/mol. The highest BCUT2D eigenvalue weighted by molar-refractivity contribution is 7.89. The number of aryl methyl sites for hydroxylation is 2. The molecule has 0 aliphatic heterocycles. The molecule has 0 aromatic heterocycles. The molecule has 2 rings (SSSR count). The highest BCUT2D eigenvalue weighted by Gasteiger charge is 2.04. The smallest absolute Gasteiger partial charge is 0.151 e. The molecule has 0 saturated heterocycles. The molecule has 0 bridgehead atoms. The van der Waals surface area contributed by atoms with Gasteiger partial charge in [0.25, 0.3) is 0 Å². The van der Waals surface area contributed by atoms with Crippen LogP contribution >= 0.6 is 0 Å². The molecule has 0 aliphatic rings. The Kier molecular flexibility index (Phi) is 5.37. The van der Waals surface area contributed by atoms with Gasteiger partial charge in [0.15, 0.2) is 9.84 Å². The summed E-state index contributed by atoms with van der Waals surface area (Å²) in [5.41, 5.74) is 5.83. The van der Waals surface area contributed by atoms with Gasteiger partial charge in [-0.2, -0.15) is 0 Å². The summed E-state index contributed by atoms with van der Waals surface area (Å²) >= 11 is 0. The molecule has 1 N–H and O–H groups in total. The Morgan fingerprint density at radius 3 is 1.86 bits per heavy atom. The van der Waals surface area contributed by atoms with E-state index in [9.17, 15) is 8.42 Å². The van der Waals surface area contributed by atoms with E-state index in [0.29, 0.717) is 0 Å². The minimum Gasteiger partial charge on any atom is -0.309 e. The fraction of sp³-hybridized carbons (Fsp3) is 0.333. The van der Waals surface area contributed by atoms with Crippen molar-refractivity contribution in [2.24, 2.45) is 0 Å². The van der Waals surface area contributed by atoms with Crippen LogP contribution in [0.2, 0.25) is 0 Å². The third kappa shape index (κ3) is 5.62. The van der Waals surface area contributed by atoms with Crippen molar-refractivity contribution in [3.05, 3.63) is 70.3 Å². The lowest BCUT2D eigenvalue weighted by atomic mass is 10.1. The molecule has 0 radical (unpaired) electrons. The van der Waals surface area contributed by atoms with Crippen LogP contribution in [0.4, 0.5) is 0 Å². The lowest BCUT2D eigenvalue weighted by molar-refractivity contribution is 0.601. The van der Waals surface area contributed by atoms with Crippen LogP contribution in [-0.4, -0.2) is 14.7 Å². The van der Waals surface area contributed by atoms with E-state index in [1.807, 2.05) is 24.3 Å². The molecule has 0 fully saturated rings. The highest BCUT2D eigenvalue weighted by Crippen LogP contribution is 2.10. The maximum absolute atomic E-state index is 11.3. The summed E-state index contributed by atoms with van der Waals surface area (Å²) in [6.45, 7) is 5.81. The Morgan fingerprint density at radius 1 is 0.818 bits per heavy atom. The van der Waals surface area contributed by atoms with Crippen LogP contribution in [0.1, 0.15) is 27.8 Å². The predicted octanol–water partition coefficient (Wildman–Crippen LogP) is 3.14. The maximum atomic E-state index is 11.3. The monoisotopic (exact) mass is 317 g/mol. The number of hydrogen-bond donors (Lipinski definition) is 1. The van der Waals surface area contributed by atoms with Gasteiger partial charge in [-0.3, -0.25) is 0 Å². The van der Waals surface area contributed by atoms with E-state index < -0.39 is 9.84 Å². The lowest BCUT2D eigenvalue weighted by Gasteiger charge is -2.08. The van der Waals surface area contributed by atoms with Crippen LogP contribution in [0.5, 0.6) is 0 Å². The van der Waals surface area contributed by atoms with Gasteiger partial charge in [-0.05, 0) is 30.5 Å². The van der Waals surface area contributed by atoms with Crippen molar-refractivity contribution < 1.29 is 8.42 Å². The summed E-state index contributed by atoms with van der Waals surface area (Å²) in [7, 11) is -2.97. The molecule has 0 amide bonds. The first-order chi connectivity index (χ1) is 10.3. The van der Waals surface area contributed by atoms with Crippen molar-refractivity contribution in [3.8, 4) is 0 Å². The Morgan fingerprint density at radius 2 is 1.32 bits per heavy atom. The Bertz CT molecular complexity index is 714. The summed E-state index contributed by atoms with van der Waals surface area (Å²) in [6.07, 6.45) is 1.26. The van der Waals surface area contributed by atoms with Crippen molar-refractivity contribution >= 4 is 9.84 Å². The fourth-order valence-corrected chi connectivity index (χ4v) is 3.38. The molecule has 0 aliphatic carbocycles. The minimum atomic E-state index is -2.97. The molecule has 4 heteroatoms. The molecular weight excluding hydrogens is 294 g/mol. The minimum absolute atomic E-state index is 0.100. The van der Waals surface area contributed by atoms with E-state index in [4.69, 9.17) is 0 Å². The van der Waals surface area contributed by atoms with Crippen LogP contribution in [-0.2, 0) is 28.7 Å². The van der Waals surface area contributed by atoms with Crippen LogP contribution in [0.15, 0.2) is 42.5 Å². The molecule has 0 unspecified atom stereocenters. The Labute approximate surface area is 133 Å². The summed E-state index contributed by atoms with van der Waals surface area (Å²) < 4.78 is 22.5. The van der Waals surface area contributed by atoms with Crippen molar-refractivity contribution in [2.75, 3.05) is 6.26 Å². The summed E-state index contributed by atoms with van der Waals surface area (Å²) in [5.74, 6) is 0.100. The van der Waals surface area contributed by atoms with Gasteiger partial charge in [0, 0.05) is 19.3 Å². The highest BCUT2D eigenvalue weighted by atomic mass is 32.2. The molecule has 0 atom stereocenters. The maximum Gasteiger partial charge on any atom is 0.151 e. The van der Waals surface area contributed by atoms with Gasteiger partial charge >= 0.3 is 0 Å². The average molecular weight is 317 g/mol. The van der Waals surface area contributed by atoms with Crippen molar-refractivity contribution in [3.63, 3.8) is 0 Å². The summed E-state index contributed by atoms with van der Waals surface area (Å²) in [6, 6.07) is 14.3. The van der Waals surface area contributed by atoms with Gasteiger partial charge in [-0.25, -0.2) is 8.42 Å². The quantitative estimate of drug-likeness (QED) is 0.890. The third-order valence-corrected chi connectivity index (χ3v) is 4.25. The number of rotatable bonds is 6. The zero-order chi connectivity index (χ0) is 16.2. The zero-order valence-corrected chi connectivity index (χ0v) is 14.2. The molecular formula is C18H23NO2S. The van der Waals surface area contributed by atoms with Crippen LogP contribution < -0.4 is 5.32 Å². The lowest BCUT2D eigenvalue weighted by Crippen LogP contribution is -2.13. The molecule has 0 heterocycles. The normalized spacial score (nSPS) is 11.6. The third-order valence-electron chi connectivity index (χ3n) is 3.39. The zero-order valence-electron chi connectivity index (χ0n) is 13.4. The number of sulfone groups is 1. The largest absolute Gasteiger partial charge is 0.309 e. The first-order valence-corrected chi connectivity index (χ1v) is 9.41. The SMILES string of the molecule is Cc1cc(C)cc(CNCc2ccc(CS(C)(=O)=O)cc2)c1. The number of benzene rings is 2. The summed E-state index contributed by atoms with van der Waals surface area (Å²) in [5, 5.41) is 3.42. The average Bonchev–Trinajstić information content (AvgIpc) is 2.38. The molecule has 22 heavy (non-hydrogen) atoms. The number of nitrogens with one attached hydrogen (secondary N) is 1. The molecule has 2 aromatic carbocycles. The van der Waals surface area contributed by atoms with E-state index in [2.05, 4.69) is 37.4 Å². The fourth-order valence-electron chi connectivity index (χ4n) is 2.58. The van der Waals surface area contributed by atoms with Crippen LogP contribution in [0.3, 0.4) is 0 Å². The second-order valence-electron chi connectivity index (χ2n) is 5.99. The Balaban J connectivity index is 1.89. The Hall–Kier alpha value is -1.65. The van der Waals surface area contributed by atoms with E-state index >= 15 is 0 Å². The second kappa shape index (κ2) is 7.07. The molecule has 0 saturated carbocycles. The molecule has 118 valence electrons. The van der Waals surface area contributed by atoms with Crippen molar-refractivity contribution in [2.45, 2.75) is 32.7 Å².